The molecule has 0 aromatic heterocycles. The highest BCUT2D eigenvalue weighted by molar-refractivity contribution is 6.55. The van der Waals surface area contributed by atoms with Crippen LogP contribution >= 0.6 is 58.0 Å². The van der Waals surface area contributed by atoms with Crippen molar-refractivity contribution in [1.29, 1.82) is 0 Å². The minimum atomic E-state index is -0.0807. The molecule has 0 bridgehead atoms. The molecule has 4 rings (SSSR count). The molecule has 1 aliphatic rings. The first-order chi connectivity index (χ1) is 17.8. The Balaban J connectivity index is 1.48. The molecule has 3 aromatic rings. The van der Waals surface area contributed by atoms with Crippen LogP contribution in [0.2, 0.25) is 25.1 Å². The lowest BCUT2D eigenvalue weighted by atomic mass is 10.1. The number of methoxy groups -OCH3 is 1. The van der Waals surface area contributed by atoms with E-state index in [9.17, 15) is 4.79 Å². The number of anilines is 1. The van der Waals surface area contributed by atoms with E-state index in [1.165, 1.54) is 19.3 Å². The van der Waals surface area contributed by atoms with E-state index in [1.807, 2.05) is 36.4 Å². The minimum absolute atomic E-state index is 0.0545. The molecule has 0 N–H and O–H groups in total. The van der Waals surface area contributed by atoms with Crippen LogP contribution in [0.15, 0.2) is 48.5 Å². The van der Waals surface area contributed by atoms with Crippen molar-refractivity contribution in [2.24, 2.45) is 0 Å². The molecule has 1 saturated heterocycles. The summed E-state index contributed by atoms with van der Waals surface area (Å²) in [6, 6.07) is 13.3. The summed E-state index contributed by atoms with van der Waals surface area (Å²) in [5.74, 6) is 0.631. The van der Waals surface area contributed by atoms with Gasteiger partial charge in [-0.2, -0.15) is 0 Å². The van der Waals surface area contributed by atoms with Crippen molar-refractivity contribution in [3.05, 3.63) is 90.3 Å². The van der Waals surface area contributed by atoms with Crippen molar-refractivity contribution in [3.63, 3.8) is 0 Å². The van der Waals surface area contributed by atoms with E-state index < -0.39 is 0 Å². The van der Waals surface area contributed by atoms with Gasteiger partial charge in [0, 0.05) is 29.9 Å². The Morgan fingerprint density at radius 2 is 1.49 bits per heavy atom. The number of hydrogen-bond acceptors (Lipinski definition) is 4. The average molecular weight is 600 g/mol. The third-order valence-corrected chi connectivity index (χ3v) is 8.39. The molecular weight excluding hydrogens is 576 g/mol. The van der Waals surface area contributed by atoms with Crippen LogP contribution in [0.3, 0.4) is 0 Å². The van der Waals surface area contributed by atoms with Crippen molar-refractivity contribution in [2.75, 3.05) is 25.1 Å². The van der Waals surface area contributed by atoms with Crippen molar-refractivity contribution in [2.45, 2.75) is 25.9 Å². The molecule has 3 aromatic carbocycles. The van der Waals surface area contributed by atoms with Crippen LogP contribution in [-0.2, 0) is 6.61 Å². The zero-order valence-electron chi connectivity index (χ0n) is 20.0. The number of ketones is 1. The Morgan fingerprint density at radius 3 is 2.11 bits per heavy atom. The molecule has 0 saturated carbocycles. The molecule has 0 spiro atoms. The summed E-state index contributed by atoms with van der Waals surface area (Å²) in [5, 5.41) is 0.292. The molecule has 0 radical (unpaired) electrons. The zero-order chi connectivity index (χ0) is 26.5. The standard InChI is InChI=1S/C28H24Cl5NO3/c1-36-22-12-6-17(15-19(22)16-37-28-26(32)24(30)23(29)25(31)27(28)33)5-11-21(35)18-7-9-20(10-8-18)34-13-3-2-4-14-34/h5-12,15H,2-4,13-14,16H2,1H3/b11-5+. The zero-order valence-corrected chi connectivity index (χ0v) is 23.8. The number of allylic oxidation sites excluding steroid dienone is 1. The first-order valence-corrected chi connectivity index (χ1v) is 13.6. The van der Waals surface area contributed by atoms with Gasteiger partial charge < -0.3 is 14.4 Å². The molecular formula is C28H24Cl5NO3. The molecule has 0 atom stereocenters. The summed E-state index contributed by atoms with van der Waals surface area (Å²) in [6.45, 7) is 2.19. The molecule has 1 fully saturated rings. The maximum atomic E-state index is 12.8. The Hall–Kier alpha value is -2.08. The fourth-order valence-electron chi connectivity index (χ4n) is 4.13. The van der Waals surface area contributed by atoms with Crippen molar-refractivity contribution in [3.8, 4) is 11.5 Å². The number of carbonyl (C=O) groups excluding carboxylic acids is 1. The van der Waals surface area contributed by atoms with E-state index in [2.05, 4.69) is 4.90 Å². The van der Waals surface area contributed by atoms with E-state index in [-0.39, 0.29) is 43.3 Å². The number of halogens is 5. The second kappa shape index (κ2) is 12.6. The van der Waals surface area contributed by atoms with E-state index in [0.717, 1.165) is 24.3 Å². The predicted octanol–water partition coefficient (Wildman–Crippen LogP) is 9.43. The Bertz CT molecular complexity index is 1290. The highest BCUT2D eigenvalue weighted by Crippen LogP contribution is 2.48. The summed E-state index contributed by atoms with van der Waals surface area (Å²) in [5.41, 5.74) is 3.29. The van der Waals surface area contributed by atoms with Crippen LogP contribution in [0.25, 0.3) is 6.08 Å². The summed E-state index contributed by atoms with van der Waals surface area (Å²) < 4.78 is 11.3. The SMILES string of the molecule is COc1ccc(/C=C/C(=O)c2ccc(N3CCCCC3)cc2)cc1COc1c(Cl)c(Cl)c(Cl)c(Cl)c1Cl. The lowest BCUT2D eigenvalue weighted by Crippen LogP contribution is -2.29. The van der Waals surface area contributed by atoms with E-state index in [1.54, 1.807) is 25.3 Å². The van der Waals surface area contributed by atoms with Gasteiger partial charge in [0.2, 0.25) is 0 Å². The molecule has 1 aliphatic heterocycles. The van der Waals surface area contributed by atoms with Gasteiger partial charge >= 0.3 is 0 Å². The number of nitrogens with zero attached hydrogens (tertiary/aromatic N) is 1. The molecule has 0 aliphatic carbocycles. The predicted molar refractivity (Wildman–Crippen MR) is 155 cm³/mol. The summed E-state index contributed by atoms with van der Waals surface area (Å²) in [7, 11) is 1.56. The number of rotatable bonds is 8. The van der Waals surface area contributed by atoms with Crippen LogP contribution in [0.5, 0.6) is 11.5 Å². The van der Waals surface area contributed by atoms with Crippen LogP contribution in [0.4, 0.5) is 5.69 Å². The fraction of sp³-hybridized carbons (Fsp3) is 0.250. The van der Waals surface area contributed by atoms with Gasteiger partial charge in [0.15, 0.2) is 11.5 Å². The second-order valence-corrected chi connectivity index (χ2v) is 10.4. The smallest absolute Gasteiger partial charge is 0.185 e. The van der Waals surface area contributed by atoms with Crippen LogP contribution in [-0.4, -0.2) is 26.0 Å². The molecule has 194 valence electrons. The molecule has 9 heteroatoms. The van der Waals surface area contributed by atoms with Gasteiger partial charge in [-0.3, -0.25) is 4.79 Å². The number of benzene rings is 3. The van der Waals surface area contributed by atoms with Gasteiger partial charge in [0.25, 0.3) is 0 Å². The lowest BCUT2D eigenvalue weighted by Gasteiger charge is -2.28. The van der Waals surface area contributed by atoms with Gasteiger partial charge in [0.05, 0.1) is 22.2 Å². The van der Waals surface area contributed by atoms with Crippen molar-refractivity contribution >= 4 is 75.6 Å². The number of ether oxygens (including phenoxy) is 2. The summed E-state index contributed by atoms with van der Waals surface area (Å²) in [4.78, 5) is 15.1. The van der Waals surface area contributed by atoms with Crippen LogP contribution in [0, 0.1) is 0 Å². The van der Waals surface area contributed by atoms with Crippen molar-refractivity contribution < 1.29 is 14.3 Å². The summed E-state index contributed by atoms with van der Waals surface area (Å²) in [6.07, 6.45) is 7.00. The first kappa shape index (κ1) is 27.9. The molecule has 0 amide bonds. The maximum absolute atomic E-state index is 12.8. The highest BCUT2D eigenvalue weighted by atomic mass is 35.5. The Labute approximate surface area is 241 Å². The van der Waals surface area contributed by atoms with Gasteiger partial charge in [0.1, 0.15) is 22.4 Å². The van der Waals surface area contributed by atoms with Gasteiger partial charge in [-0.05, 0) is 67.3 Å². The van der Waals surface area contributed by atoms with E-state index in [4.69, 9.17) is 67.5 Å². The molecule has 0 unspecified atom stereocenters. The first-order valence-electron chi connectivity index (χ1n) is 11.7. The largest absolute Gasteiger partial charge is 0.496 e. The topological polar surface area (TPSA) is 38.8 Å². The highest BCUT2D eigenvalue weighted by Gasteiger charge is 2.21. The maximum Gasteiger partial charge on any atom is 0.185 e. The van der Waals surface area contributed by atoms with E-state index >= 15 is 0 Å². The summed E-state index contributed by atoms with van der Waals surface area (Å²) >= 11 is 30.9. The van der Waals surface area contributed by atoms with Gasteiger partial charge in [-0.15, -0.1) is 0 Å². The van der Waals surface area contributed by atoms with Gasteiger partial charge in [-0.25, -0.2) is 0 Å². The monoisotopic (exact) mass is 597 g/mol. The average Bonchev–Trinajstić information content (AvgIpc) is 2.94. The lowest BCUT2D eigenvalue weighted by molar-refractivity contribution is 0.104. The molecule has 4 nitrogen and oxygen atoms in total. The number of carbonyl (C=O) groups is 1. The number of piperidine rings is 1. The fourth-order valence-corrected chi connectivity index (χ4v) is 5.36. The third-order valence-electron chi connectivity index (χ3n) is 6.15. The molecule has 37 heavy (non-hydrogen) atoms. The van der Waals surface area contributed by atoms with Crippen LogP contribution in [0.1, 0.15) is 40.7 Å². The second-order valence-electron chi connectivity index (χ2n) is 8.55. The van der Waals surface area contributed by atoms with Crippen LogP contribution < -0.4 is 14.4 Å². The minimum Gasteiger partial charge on any atom is -0.496 e. The van der Waals surface area contributed by atoms with E-state index in [0.29, 0.717) is 16.9 Å². The Kier molecular flexibility index (Phi) is 9.55. The normalized spacial score (nSPS) is 13.7. The quantitative estimate of drug-likeness (QED) is 0.112. The van der Waals surface area contributed by atoms with Gasteiger partial charge in [-0.1, -0.05) is 70.1 Å². The number of hydrogen-bond donors (Lipinski definition) is 0. The Morgan fingerprint density at radius 1 is 0.865 bits per heavy atom. The van der Waals surface area contributed by atoms with Crippen molar-refractivity contribution in [1.82, 2.24) is 0 Å². The third kappa shape index (κ3) is 6.50. The molecule has 1 heterocycles.